The van der Waals surface area contributed by atoms with Crippen molar-refractivity contribution in [2.75, 3.05) is 37.7 Å². The second-order valence-electron chi connectivity index (χ2n) is 7.01. The maximum absolute atomic E-state index is 12.8. The summed E-state index contributed by atoms with van der Waals surface area (Å²) in [7, 11) is -2.92. The number of rotatable bonds is 3. The molecule has 1 N–H and O–H groups in total. The molecule has 144 valence electrons. The lowest BCUT2D eigenvalue weighted by atomic mass is 10.1. The first kappa shape index (κ1) is 19.2. The number of carbonyl (C=O) groups is 1. The van der Waals surface area contributed by atoms with E-state index in [1.807, 2.05) is 0 Å². The maximum Gasteiger partial charge on any atom is 0.416 e. The van der Waals surface area contributed by atoms with Crippen molar-refractivity contribution >= 4 is 15.7 Å². The first-order chi connectivity index (χ1) is 12.1. The van der Waals surface area contributed by atoms with Crippen LogP contribution >= 0.6 is 0 Å². The summed E-state index contributed by atoms with van der Waals surface area (Å²) in [6.07, 6.45) is -3.82. The number of quaternary nitrogens is 1. The Hall–Kier alpha value is -1.61. The van der Waals surface area contributed by atoms with Crippen molar-refractivity contribution < 1.29 is 31.3 Å². The molecule has 2 fully saturated rings. The minimum absolute atomic E-state index is 0.0585. The van der Waals surface area contributed by atoms with Crippen molar-refractivity contribution in [2.24, 2.45) is 0 Å². The van der Waals surface area contributed by atoms with Crippen LogP contribution in [-0.4, -0.2) is 63.0 Å². The third-order valence-electron chi connectivity index (χ3n) is 5.18. The molecule has 5 nitrogen and oxygen atoms in total. The number of alkyl halides is 3. The summed E-state index contributed by atoms with van der Waals surface area (Å²) in [6.45, 7) is 2.36. The molecule has 2 aliphatic heterocycles. The molecule has 0 unspecified atom stereocenters. The SMILES string of the molecule is O=C(Cc1cccc(C(F)(F)F)c1)N1CC[NH+]([C@@H]2CCS(=O)(=O)C2)CC1. The van der Waals surface area contributed by atoms with Crippen LogP contribution in [0.3, 0.4) is 0 Å². The van der Waals surface area contributed by atoms with Crippen molar-refractivity contribution in [3.63, 3.8) is 0 Å². The van der Waals surface area contributed by atoms with E-state index in [-0.39, 0.29) is 29.9 Å². The van der Waals surface area contributed by atoms with E-state index in [0.29, 0.717) is 38.2 Å². The molecule has 0 aliphatic carbocycles. The van der Waals surface area contributed by atoms with Crippen LogP contribution < -0.4 is 4.90 Å². The lowest BCUT2D eigenvalue weighted by Crippen LogP contribution is -3.18. The van der Waals surface area contributed by atoms with Crippen molar-refractivity contribution in [3.8, 4) is 0 Å². The molecule has 26 heavy (non-hydrogen) atoms. The molecule has 1 atom stereocenters. The first-order valence-corrected chi connectivity index (χ1v) is 10.4. The Morgan fingerprint density at radius 1 is 1.23 bits per heavy atom. The Labute approximate surface area is 150 Å². The Kier molecular flexibility index (Phi) is 5.30. The number of piperazine rings is 1. The number of halogens is 3. The molecule has 2 aliphatic rings. The highest BCUT2D eigenvalue weighted by molar-refractivity contribution is 7.91. The molecule has 0 radical (unpaired) electrons. The molecule has 1 aromatic rings. The van der Waals surface area contributed by atoms with Gasteiger partial charge in [0.1, 0.15) is 11.8 Å². The van der Waals surface area contributed by atoms with Crippen LogP contribution in [0.5, 0.6) is 0 Å². The number of carbonyl (C=O) groups excluding carboxylic acids is 1. The van der Waals surface area contributed by atoms with Crippen molar-refractivity contribution in [1.29, 1.82) is 0 Å². The van der Waals surface area contributed by atoms with Crippen LogP contribution in [0.15, 0.2) is 24.3 Å². The summed E-state index contributed by atoms with van der Waals surface area (Å²) in [5, 5.41) is 0. The number of nitrogens with zero attached hydrogens (tertiary/aromatic N) is 1. The van der Waals surface area contributed by atoms with Gasteiger partial charge in [-0.15, -0.1) is 0 Å². The van der Waals surface area contributed by atoms with Gasteiger partial charge in [-0.05, 0) is 11.6 Å². The Morgan fingerprint density at radius 2 is 1.92 bits per heavy atom. The molecule has 1 aromatic carbocycles. The number of hydrogen-bond donors (Lipinski definition) is 1. The highest BCUT2D eigenvalue weighted by Gasteiger charge is 2.37. The summed E-state index contributed by atoms with van der Waals surface area (Å²) in [6, 6.07) is 4.95. The summed E-state index contributed by atoms with van der Waals surface area (Å²) in [5.41, 5.74) is -0.402. The summed E-state index contributed by atoms with van der Waals surface area (Å²) >= 11 is 0. The van der Waals surface area contributed by atoms with Crippen molar-refractivity contribution in [3.05, 3.63) is 35.4 Å². The van der Waals surface area contributed by atoms with Gasteiger partial charge in [0.05, 0.1) is 43.9 Å². The third kappa shape index (κ3) is 4.56. The van der Waals surface area contributed by atoms with Gasteiger partial charge in [-0.25, -0.2) is 8.42 Å². The molecule has 9 heteroatoms. The normalized spacial score (nSPS) is 24.0. The van der Waals surface area contributed by atoms with E-state index in [2.05, 4.69) is 0 Å². The molecule has 1 amide bonds. The average Bonchev–Trinajstić information content (AvgIpc) is 2.94. The van der Waals surface area contributed by atoms with Crippen LogP contribution in [0.4, 0.5) is 13.2 Å². The van der Waals surface area contributed by atoms with Crippen LogP contribution in [0.1, 0.15) is 17.5 Å². The zero-order valence-corrected chi connectivity index (χ0v) is 15.1. The van der Waals surface area contributed by atoms with Crippen LogP contribution in [0, 0.1) is 0 Å². The summed E-state index contributed by atoms with van der Waals surface area (Å²) in [4.78, 5) is 15.3. The highest BCUT2D eigenvalue weighted by atomic mass is 32.2. The minimum Gasteiger partial charge on any atom is -0.331 e. The smallest absolute Gasteiger partial charge is 0.331 e. The van der Waals surface area contributed by atoms with E-state index in [0.717, 1.165) is 12.1 Å². The average molecular weight is 391 g/mol. The topological polar surface area (TPSA) is 58.9 Å². The van der Waals surface area contributed by atoms with E-state index in [4.69, 9.17) is 0 Å². The lowest BCUT2D eigenvalue weighted by Gasteiger charge is -2.35. The van der Waals surface area contributed by atoms with Crippen molar-refractivity contribution in [1.82, 2.24) is 4.90 Å². The van der Waals surface area contributed by atoms with Gasteiger partial charge in [-0.2, -0.15) is 13.2 Å². The highest BCUT2D eigenvalue weighted by Crippen LogP contribution is 2.29. The van der Waals surface area contributed by atoms with Gasteiger partial charge in [0.15, 0.2) is 9.84 Å². The number of nitrogens with one attached hydrogen (secondary N) is 1. The second-order valence-corrected chi connectivity index (χ2v) is 9.24. The first-order valence-electron chi connectivity index (χ1n) is 8.63. The Morgan fingerprint density at radius 3 is 2.50 bits per heavy atom. The zero-order valence-electron chi connectivity index (χ0n) is 14.3. The molecule has 3 rings (SSSR count). The van der Waals surface area contributed by atoms with Gasteiger partial charge >= 0.3 is 6.18 Å². The molecule has 0 bridgehead atoms. The summed E-state index contributed by atoms with van der Waals surface area (Å²) < 4.78 is 61.5. The molecule has 2 saturated heterocycles. The van der Waals surface area contributed by atoms with E-state index in [9.17, 15) is 26.4 Å². The van der Waals surface area contributed by atoms with Crippen molar-refractivity contribution in [2.45, 2.75) is 25.1 Å². The van der Waals surface area contributed by atoms with Gasteiger partial charge < -0.3 is 9.80 Å². The molecule has 0 spiro atoms. The van der Waals surface area contributed by atoms with Crippen LogP contribution in [0.2, 0.25) is 0 Å². The fourth-order valence-electron chi connectivity index (χ4n) is 3.71. The van der Waals surface area contributed by atoms with Gasteiger partial charge in [-0.1, -0.05) is 18.2 Å². The van der Waals surface area contributed by atoms with Crippen LogP contribution in [0.25, 0.3) is 0 Å². The summed E-state index contributed by atoms with van der Waals surface area (Å²) in [5.74, 6) is 0.252. The van der Waals surface area contributed by atoms with E-state index in [1.54, 1.807) is 4.90 Å². The van der Waals surface area contributed by atoms with Gasteiger partial charge in [0.25, 0.3) is 0 Å². The van der Waals surface area contributed by atoms with E-state index >= 15 is 0 Å². The second kappa shape index (κ2) is 7.19. The maximum atomic E-state index is 12.8. The van der Waals surface area contributed by atoms with Gasteiger partial charge in [0.2, 0.25) is 5.91 Å². The van der Waals surface area contributed by atoms with Crippen LogP contribution in [-0.2, 0) is 27.2 Å². The lowest BCUT2D eigenvalue weighted by molar-refractivity contribution is -0.925. The largest absolute Gasteiger partial charge is 0.416 e. The standard InChI is InChI=1S/C17H21F3N2O3S/c18-17(19,20)14-3-1-2-13(10-14)11-16(23)22-7-5-21(6-8-22)15-4-9-26(24,25)12-15/h1-3,10,15H,4-9,11-12H2/p+1/t15-/m1/s1. The molecule has 0 saturated carbocycles. The predicted octanol–water partition coefficient (Wildman–Crippen LogP) is 0.162. The quantitative estimate of drug-likeness (QED) is 0.799. The van der Waals surface area contributed by atoms with Gasteiger partial charge in [-0.3, -0.25) is 4.79 Å². The Bertz CT molecular complexity index is 772. The molecule has 2 heterocycles. The van der Waals surface area contributed by atoms with E-state index < -0.39 is 21.6 Å². The predicted molar refractivity (Wildman–Crippen MR) is 89.5 cm³/mol. The number of amides is 1. The minimum atomic E-state index is -4.42. The molecule has 0 aromatic heterocycles. The number of sulfone groups is 1. The van der Waals surface area contributed by atoms with E-state index in [1.165, 1.54) is 17.0 Å². The number of hydrogen-bond acceptors (Lipinski definition) is 3. The molecular weight excluding hydrogens is 369 g/mol. The third-order valence-corrected chi connectivity index (χ3v) is 6.95. The zero-order chi connectivity index (χ0) is 18.9. The monoisotopic (exact) mass is 391 g/mol. The number of benzene rings is 1. The fourth-order valence-corrected chi connectivity index (χ4v) is 5.54. The Balaban J connectivity index is 1.54. The molecular formula is C17H22F3N2O3S+. The fraction of sp³-hybridized carbons (Fsp3) is 0.588. The van der Waals surface area contributed by atoms with Gasteiger partial charge in [0, 0.05) is 6.42 Å².